The maximum atomic E-state index is 11.5. The zero-order valence-electron chi connectivity index (χ0n) is 7.94. The van der Waals surface area contributed by atoms with E-state index >= 15 is 0 Å². The summed E-state index contributed by atoms with van der Waals surface area (Å²) >= 11 is 0. The van der Waals surface area contributed by atoms with E-state index in [1.54, 1.807) is 18.4 Å². The number of nitrogens with one attached hydrogen (secondary N) is 1. The largest absolute Gasteiger partial charge is 0.462 e. The zero-order chi connectivity index (χ0) is 10.1. The van der Waals surface area contributed by atoms with E-state index in [0.29, 0.717) is 17.8 Å². The summed E-state index contributed by atoms with van der Waals surface area (Å²) in [7, 11) is 0. The van der Waals surface area contributed by atoms with Gasteiger partial charge in [-0.05, 0) is 13.8 Å². The number of esters is 1. The molecule has 0 spiro atoms. The topological polar surface area (TPSA) is 72.3 Å². The summed E-state index contributed by atoms with van der Waals surface area (Å²) in [6.07, 6.45) is 1.51. The van der Waals surface area contributed by atoms with E-state index in [-0.39, 0.29) is 5.97 Å². The van der Waals surface area contributed by atoms with Crippen LogP contribution in [0, 0.1) is 6.92 Å². The lowest BCUT2D eigenvalue weighted by molar-refractivity contribution is 0.0527. The molecular weight excluding hydrogens is 184 g/mol. The van der Waals surface area contributed by atoms with Crippen LogP contribution in [0.3, 0.4) is 0 Å². The standard InChI is InChI=1S/C8H10N4O2/c1-3-14-8(13)6-5(2)11-12-4-9-10-7(6)12/h4,11H,3H2,1-2H3. The van der Waals surface area contributed by atoms with Crippen molar-refractivity contribution in [2.45, 2.75) is 13.8 Å². The number of ether oxygens (including phenoxy) is 1. The van der Waals surface area contributed by atoms with Gasteiger partial charge < -0.3 is 4.74 Å². The molecule has 0 fully saturated rings. The first-order valence-electron chi connectivity index (χ1n) is 4.29. The van der Waals surface area contributed by atoms with Gasteiger partial charge in [0.2, 0.25) is 0 Å². The number of hydrogen-bond donors (Lipinski definition) is 1. The van der Waals surface area contributed by atoms with Crippen molar-refractivity contribution in [1.82, 2.24) is 19.8 Å². The lowest BCUT2D eigenvalue weighted by Crippen LogP contribution is -2.05. The number of carbonyl (C=O) groups excluding carboxylic acids is 1. The Balaban J connectivity index is 2.53. The van der Waals surface area contributed by atoms with Crippen molar-refractivity contribution < 1.29 is 9.53 Å². The van der Waals surface area contributed by atoms with Gasteiger partial charge in [-0.25, -0.2) is 9.31 Å². The van der Waals surface area contributed by atoms with Gasteiger partial charge in [-0.15, -0.1) is 10.2 Å². The Morgan fingerprint density at radius 3 is 3.21 bits per heavy atom. The second-order valence-corrected chi connectivity index (χ2v) is 2.86. The molecule has 0 aliphatic carbocycles. The quantitative estimate of drug-likeness (QED) is 0.708. The third kappa shape index (κ3) is 1.15. The lowest BCUT2D eigenvalue weighted by Gasteiger charge is -1.98. The fourth-order valence-electron chi connectivity index (χ4n) is 1.34. The molecular formula is C8H10N4O2. The Morgan fingerprint density at radius 1 is 1.71 bits per heavy atom. The van der Waals surface area contributed by atoms with Crippen molar-refractivity contribution >= 4 is 11.6 Å². The summed E-state index contributed by atoms with van der Waals surface area (Å²) in [5.41, 5.74) is 1.68. The predicted molar refractivity (Wildman–Crippen MR) is 48.0 cm³/mol. The van der Waals surface area contributed by atoms with Gasteiger partial charge in [0.1, 0.15) is 11.9 Å². The minimum atomic E-state index is -0.371. The molecule has 0 aromatic carbocycles. The summed E-state index contributed by atoms with van der Waals surface area (Å²) in [4.78, 5) is 11.5. The van der Waals surface area contributed by atoms with Crippen LogP contribution in [0.25, 0.3) is 5.65 Å². The van der Waals surface area contributed by atoms with Crippen LogP contribution < -0.4 is 0 Å². The summed E-state index contributed by atoms with van der Waals surface area (Å²) < 4.78 is 6.49. The minimum Gasteiger partial charge on any atom is -0.462 e. The van der Waals surface area contributed by atoms with Crippen molar-refractivity contribution in [2.75, 3.05) is 6.61 Å². The Labute approximate surface area is 79.9 Å². The van der Waals surface area contributed by atoms with E-state index in [1.807, 2.05) is 0 Å². The number of carbonyl (C=O) groups is 1. The van der Waals surface area contributed by atoms with Gasteiger partial charge in [-0.1, -0.05) is 0 Å². The summed E-state index contributed by atoms with van der Waals surface area (Å²) in [6.45, 7) is 3.91. The molecule has 0 unspecified atom stereocenters. The first-order chi connectivity index (χ1) is 6.74. The maximum absolute atomic E-state index is 11.5. The van der Waals surface area contributed by atoms with Gasteiger partial charge >= 0.3 is 5.97 Å². The average Bonchev–Trinajstić information content (AvgIpc) is 2.63. The molecule has 0 atom stereocenters. The Bertz CT molecular complexity index is 471. The molecule has 2 aromatic rings. The molecule has 0 bridgehead atoms. The fraction of sp³-hybridized carbons (Fsp3) is 0.375. The molecule has 2 heterocycles. The summed E-state index contributed by atoms with van der Waals surface area (Å²) in [6, 6.07) is 0. The van der Waals surface area contributed by atoms with E-state index in [9.17, 15) is 4.79 Å². The molecule has 1 N–H and O–H groups in total. The number of aromatic nitrogens is 4. The number of aromatic amines is 1. The molecule has 14 heavy (non-hydrogen) atoms. The Kier molecular flexibility index (Phi) is 1.95. The highest BCUT2D eigenvalue weighted by molar-refractivity contribution is 5.97. The molecule has 6 heteroatoms. The number of H-pyrrole nitrogens is 1. The number of rotatable bonds is 2. The van der Waals surface area contributed by atoms with Gasteiger partial charge in [0.15, 0.2) is 5.65 Å². The average molecular weight is 194 g/mol. The SMILES string of the molecule is CCOC(=O)c1c(C)[nH]n2cnnc12. The molecule has 2 rings (SSSR count). The van der Waals surface area contributed by atoms with Crippen molar-refractivity contribution in [3.8, 4) is 0 Å². The maximum Gasteiger partial charge on any atom is 0.343 e. The molecule has 0 aliphatic heterocycles. The van der Waals surface area contributed by atoms with Crippen LogP contribution in [0.2, 0.25) is 0 Å². The van der Waals surface area contributed by atoms with Gasteiger partial charge in [0.05, 0.1) is 6.61 Å². The highest BCUT2D eigenvalue weighted by Crippen LogP contribution is 2.13. The van der Waals surface area contributed by atoms with E-state index < -0.39 is 0 Å². The second kappa shape index (κ2) is 3.13. The third-order valence-corrected chi connectivity index (χ3v) is 1.91. The van der Waals surface area contributed by atoms with E-state index in [4.69, 9.17) is 4.74 Å². The van der Waals surface area contributed by atoms with Crippen LogP contribution in [0.4, 0.5) is 0 Å². The number of nitrogens with zero attached hydrogens (tertiary/aromatic N) is 3. The first kappa shape index (κ1) is 8.74. The monoisotopic (exact) mass is 194 g/mol. The van der Waals surface area contributed by atoms with Crippen molar-refractivity contribution in [2.24, 2.45) is 0 Å². The molecule has 0 saturated carbocycles. The normalized spacial score (nSPS) is 10.7. The molecule has 2 aromatic heterocycles. The van der Waals surface area contributed by atoms with Crippen LogP contribution in [0.1, 0.15) is 23.0 Å². The van der Waals surface area contributed by atoms with Crippen molar-refractivity contribution in [3.63, 3.8) is 0 Å². The van der Waals surface area contributed by atoms with Gasteiger partial charge in [0, 0.05) is 5.69 Å². The van der Waals surface area contributed by atoms with Crippen molar-refractivity contribution in [3.05, 3.63) is 17.6 Å². The summed E-state index contributed by atoms with van der Waals surface area (Å²) in [5, 5.41) is 10.4. The van der Waals surface area contributed by atoms with E-state index in [2.05, 4.69) is 15.3 Å². The van der Waals surface area contributed by atoms with E-state index in [0.717, 1.165) is 5.69 Å². The van der Waals surface area contributed by atoms with Gasteiger partial charge in [-0.2, -0.15) is 0 Å². The zero-order valence-corrected chi connectivity index (χ0v) is 7.94. The van der Waals surface area contributed by atoms with E-state index in [1.165, 1.54) is 6.33 Å². The van der Waals surface area contributed by atoms with Crippen LogP contribution in [-0.4, -0.2) is 32.4 Å². The van der Waals surface area contributed by atoms with Gasteiger partial charge in [-0.3, -0.25) is 5.10 Å². The number of aryl methyl sites for hydroxylation is 1. The summed E-state index contributed by atoms with van der Waals surface area (Å²) in [5.74, 6) is -0.371. The predicted octanol–water partition coefficient (Wildman–Crippen LogP) is 0.543. The minimum absolute atomic E-state index is 0.351. The number of hydrogen-bond acceptors (Lipinski definition) is 4. The van der Waals surface area contributed by atoms with Crippen LogP contribution >= 0.6 is 0 Å². The fourth-order valence-corrected chi connectivity index (χ4v) is 1.34. The van der Waals surface area contributed by atoms with Crippen molar-refractivity contribution in [1.29, 1.82) is 0 Å². The molecule has 74 valence electrons. The molecule has 0 radical (unpaired) electrons. The van der Waals surface area contributed by atoms with Crippen LogP contribution in [0.15, 0.2) is 6.33 Å². The number of fused-ring (bicyclic) bond motifs is 1. The highest BCUT2D eigenvalue weighted by Gasteiger charge is 2.18. The van der Waals surface area contributed by atoms with Gasteiger partial charge in [0.25, 0.3) is 0 Å². The molecule has 0 saturated heterocycles. The Hall–Kier alpha value is -1.85. The second-order valence-electron chi connectivity index (χ2n) is 2.86. The molecule has 6 nitrogen and oxygen atoms in total. The lowest BCUT2D eigenvalue weighted by atomic mass is 10.2. The highest BCUT2D eigenvalue weighted by atomic mass is 16.5. The smallest absolute Gasteiger partial charge is 0.343 e. The molecule has 0 amide bonds. The Morgan fingerprint density at radius 2 is 2.50 bits per heavy atom. The first-order valence-corrected chi connectivity index (χ1v) is 4.29. The van der Waals surface area contributed by atoms with Crippen LogP contribution in [-0.2, 0) is 4.74 Å². The third-order valence-electron chi connectivity index (χ3n) is 1.91. The molecule has 0 aliphatic rings. The van der Waals surface area contributed by atoms with Crippen LogP contribution in [0.5, 0.6) is 0 Å².